The van der Waals surface area contributed by atoms with Crippen LogP contribution in [0.4, 0.5) is 4.39 Å². The second kappa shape index (κ2) is 6.37. The predicted molar refractivity (Wildman–Crippen MR) is 57.6 cm³/mol. The van der Waals surface area contributed by atoms with Gasteiger partial charge in [-0.2, -0.15) is 0 Å². The van der Waals surface area contributed by atoms with Gasteiger partial charge in [0.25, 0.3) is 0 Å². The maximum Gasteiger partial charge on any atom is 0.304 e. The molecular weight excluding hydrogens is 221 g/mol. The number of carboxylic acids is 1. The van der Waals surface area contributed by atoms with Crippen LogP contribution in [0.2, 0.25) is 0 Å². The zero-order valence-electron chi connectivity index (χ0n) is 8.02. The molecule has 84 valence electrons. The lowest BCUT2D eigenvalue weighted by Gasteiger charge is -2.08. The minimum Gasteiger partial charge on any atom is -0.481 e. The van der Waals surface area contributed by atoms with Crippen molar-refractivity contribution < 1.29 is 14.3 Å². The van der Waals surface area contributed by atoms with E-state index >= 15 is 0 Å². The molecular formula is C10H13ClFNO2. The molecule has 0 amide bonds. The van der Waals surface area contributed by atoms with Crippen LogP contribution in [0.25, 0.3) is 0 Å². The molecule has 1 rings (SSSR count). The normalized spacial score (nSPS) is 11.6. The molecule has 0 aromatic heterocycles. The van der Waals surface area contributed by atoms with Gasteiger partial charge in [-0.05, 0) is 24.1 Å². The van der Waals surface area contributed by atoms with Gasteiger partial charge in [-0.25, -0.2) is 4.39 Å². The summed E-state index contributed by atoms with van der Waals surface area (Å²) in [5.41, 5.74) is 6.42. The van der Waals surface area contributed by atoms with Gasteiger partial charge in [-0.15, -0.1) is 12.4 Å². The van der Waals surface area contributed by atoms with Crippen LogP contribution in [0, 0.1) is 5.82 Å². The van der Waals surface area contributed by atoms with E-state index in [4.69, 9.17) is 10.8 Å². The molecule has 3 N–H and O–H groups in total. The molecule has 0 bridgehead atoms. The number of carboxylic acid groups (broad SMARTS) is 1. The molecule has 1 aromatic carbocycles. The van der Waals surface area contributed by atoms with E-state index in [9.17, 15) is 9.18 Å². The standard InChI is InChI=1S/C10H12FNO2.ClH/c11-8-3-1-7(2-4-8)5-9(12)6-10(13)14;/h1-4,9H,5-6,12H2,(H,13,14);1H/t9-;/m0./s1. The number of aliphatic carboxylic acids is 1. The Hall–Kier alpha value is -1.13. The predicted octanol–water partition coefficient (Wildman–Crippen LogP) is 1.59. The smallest absolute Gasteiger partial charge is 0.304 e. The molecule has 0 unspecified atom stereocenters. The van der Waals surface area contributed by atoms with Crippen LogP contribution in [0.5, 0.6) is 0 Å². The minimum absolute atomic E-state index is 0. The molecule has 15 heavy (non-hydrogen) atoms. The number of nitrogens with two attached hydrogens (primary N) is 1. The highest BCUT2D eigenvalue weighted by Gasteiger charge is 2.08. The molecule has 0 aliphatic rings. The van der Waals surface area contributed by atoms with Crippen molar-refractivity contribution in [1.82, 2.24) is 0 Å². The summed E-state index contributed by atoms with van der Waals surface area (Å²) in [6.45, 7) is 0. The fourth-order valence-corrected chi connectivity index (χ4v) is 1.22. The Balaban J connectivity index is 0.00000196. The van der Waals surface area contributed by atoms with Gasteiger partial charge in [0.1, 0.15) is 5.82 Å². The van der Waals surface area contributed by atoms with Crippen molar-refractivity contribution in [3.05, 3.63) is 35.6 Å². The first kappa shape index (κ1) is 13.9. The van der Waals surface area contributed by atoms with Crippen LogP contribution in [0.1, 0.15) is 12.0 Å². The molecule has 5 heteroatoms. The van der Waals surface area contributed by atoms with Gasteiger partial charge in [-0.3, -0.25) is 4.79 Å². The number of hydrogen-bond acceptors (Lipinski definition) is 2. The lowest BCUT2D eigenvalue weighted by Crippen LogP contribution is -2.26. The Morgan fingerprint density at radius 3 is 2.40 bits per heavy atom. The molecule has 0 spiro atoms. The first-order valence-electron chi connectivity index (χ1n) is 4.30. The van der Waals surface area contributed by atoms with Crippen LogP contribution in [0.3, 0.4) is 0 Å². The molecule has 0 saturated carbocycles. The third-order valence-electron chi connectivity index (χ3n) is 1.85. The highest BCUT2D eigenvalue weighted by molar-refractivity contribution is 5.85. The molecule has 0 heterocycles. The summed E-state index contributed by atoms with van der Waals surface area (Å²) >= 11 is 0. The Kier molecular flexibility index (Phi) is 5.89. The van der Waals surface area contributed by atoms with Crippen LogP contribution < -0.4 is 5.73 Å². The van der Waals surface area contributed by atoms with E-state index in [2.05, 4.69) is 0 Å². The van der Waals surface area contributed by atoms with Crippen LogP contribution in [-0.2, 0) is 11.2 Å². The number of carbonyl (C=O) groups is 1. The van der Waals surface area contributed by atoms with Gasteiger partial charge < -0.3 is 10.8 Å². The number of benzene rings is 1. The summed E-state index contributed by atoms with van der Waals surface area (Å²) < 4.78 is 12.5. The fourth-order valence-electron chi connectivity index (χ4n) is 1.22. The SMILES string of the molecule is Cl.N[C@H](CC(=O)O)Cc1ccc(F)cc1. The molecule has 0 radical (unpaired) electrons. The van der Waals surface area contributed by atoms with E-state index in [-0.39, 0.29) is 24.6 Å². The van der Waals surface area contributed by atoms with Crippen molar-refractivity contribution in [3.63, 3.8) is 0 Å². The zero-order chi connectivity index (χ0) is 10.6. The first-order valence-corrected chi connectivity index (χ1v) is 4.30. The minimum atomic E-state index is -0.917. The van der Waals surface area contributed by atoms with E-state index in [1.54, 1.807) is 12.1 Å². The molecule has 0 fully saturated rings. The maximum atomic E-state index is 12.5. The second-order valence-electron chi connectivity index (χ2n) is 3.19. The number of rotatable bonds is 4. The van der Waals surface area contributed by atoms with Gasteiger partial charge >= 0.3 is 5.97 Å². The first-order chi connectivity index (χ1) is 6.58. The Labute approximate surface area is 93.5 Å². The second-order valence-corrected chi connectivity index (χ2v) is 3.19. The molecule has 0 saturated heterocycles. The summed E-state index contributed by atoms with van der Waals surface area (Å²) in [6.07, 6.45) is 0.379. The third kappa shape index (κ3) is 5.34. The monoisotopic (exact) mass is 233 g/mol. The largest absolute Gasteiger partial charge is 0.481 e. The molecule has 0 aliphatic carbocycles. The van der Waals surface area contributed by atoms with Crippen LogP contribution in [0.15, 0.2) is 24.3 Å². The fraction of sp³-hybridized carbons (Fsp3) is 0.300. The summed E-state index contributed by atoms with van der Waals surface area (Å²) in [5.74, 6) is -1.22. The van der Waals surface area contributed by atoms with Crippen molar-refractivity contribution >= 4 is 18.4 Å². The van der Waals surface area contributed by atoms with Crippen molar-refractivity contribution in [2.24, 2.45) is 5.73 Å². The Bertz CT molecular complexity index is 316. The Morgan fingerprint density at radius 2 is 1.93 bits per heavy atom. The highest BCUT2D eigenvalue weighted by Crippen LogP contribution is 2.06. The maximum absolute atomic E-state index is 12.5. The van der Waals surface area contributed by atoms with Crippen LogP contribution >= 0.6 is 12.4 Å². The lowest BCUT2D eigenvalue weighted by molar-refractivity contribution is -0.137. The van der Waals surface area contributed by atoms with Crippen molar-refractivity contribution in [1.29, 1.82) is 0 Å². The van der Waals surface area contributed by atoms with E-state index in [1.807, 2.05) is 0 Å². The molecule has 3 nitrogen and oxygen atoms in total. The summed E-state index contributed by atoms with van der Waals surface area (Å²) in [7, 11) is 0. The third-order valence-corrected chi connectivity index (χ3v) is 1.85. The number of halogens is 2. The lowest BCUT2D eigenvalue weighted by atomic mass is 10.0. The van der Waals surface area contributed by atoms with Gasteiger partial charge in [0.2, 0.25) is 0 Å². The zero-order valence-corrected chi connectivity index (χ0v) is 8.84. The summed E-state index contributed by atoms with van der Waals surface area (Å²) in [5, 5.41) is 8.47. The van der Waals surface area contributed by atoms with Gasteiger partial charge in [0, 0.05) is 6.04 Å². The summed E-state index contributed by atoms with van der Waals surface area (Å²) in [6, 6.07) is 5.47. The molecule has 0 aliphatic heterocycles. The van der Waals surface area contributed by atoms with E-state index in [1.165, 1.54) is 12.1 Å². The van der Waals surface area contributed by atoms with Crippen molar-refractivity contribution in [2.45, 2.75) is 18.9 Å². The molecule has 1 aromatic rings. The average Bonchev–Trinajstić information content (AvgIpc) is 2.07. The molecule has 1 atom stereocenters. The topological polar surface area (TPSA) is 63.3 Å². The van der Waals surface area contributed by atoms with E-state index < -0.39 is 12.0 Å². The van der Waals surface area contributed by atoms with E-state index in [0.29, 0.717) is 6.42 Å². The number of hydrogen-bond donors (Lipinski definition) is 2. The van der Waals surface area contributed by atoms with Gasteiger partial charge in [0.15, 0.2) is 0 Å². The van der Waals surface area contributed by atoms with Crippen molar-refractivity contribution in [2.75, 3.05) is 0 Å². The Morgan fingerprint density at radius 1 is 1.40 bits per heavy atom. The van der Waals surface area contributed by atoms with Gasteiger partial charge in [-0.1, -0.05) is 12.1 Å². The van der Waals surface area contributed by atoms with Crippen molar-refractivity contribution in [3.8, 4) is 0 Å². The average molecular weight is 234 g/mol. The van der Waals surface area contributed by atoms with Crippen LogP contribution in [-0.4, -0.2) is 17.1 Å². The highest BCUT2D eigenvalue weighted by atomic mass is 35.5. The van der Waals surface area contributed by atoms with E-state index in [0.717, 1.165) is 5.56 Å². The summed E-state index contributed by atoms with van der Waals surface area (Å²) in [4.78, 5) is 10.3. The quantitative estimate of drug-likeness (QED) is 0.830. The van der Waals surface area contributed by atoms with Gasteiger partial charge in [0.05, 0.1) is 6.42 Å².